The van der Waals surface area contributed by atoms with E-state index in [-0.39, 0.29) is 17.8 Å². The van der Waals surface area contributed by atoms with E-state index < -0.39 is 53.2 Å². The van der Waals surface area contributed by atoms with Gasteiger partial charge in [0.05, 0.1) is 18.8 Å². The van der Waals surface area contributed by atoms with Crippen molar-refractivity contribution < 1.29 is 40.9 Å². The Morgan fingerprint density at radius 2 is 1.00 bits per heavy atom. The molecule has 0 heterocycles. The Bertz CT molecular complexity index is 692. The van der Waals surface area contributed by atoms with Gasteiger partial charge in [0.25, 0.3) is 0 Å². The summed E-state index contributed by atoms with van der Waals surface area (Å²) in [7, 11) is 0. The molecule has 142 valence electrons. The van der Waals surface area contributed by atoms with Crippen molar-refractivity contribution in [2.45, 2.75) is 18.9 Å². The maximum absolute atomic E-state index is 10.3. The smallest absolute Gasteiger partial charge is 0.146 e. The van der Waals surface area contributed by atoms with Gasteiger partial charge >= 0.3 is 0 Å². The van der Waals surface area contributed by atoms with E-state index in [1.54, 1.807) is 6.92 Å². The number of aliphatic hydroxyl groups is 2. The van der Waals surface area contributed by atoms with Crippen LogP contribution in [0.25, 0.3) is 0 Å². The molecule has 0 unspecified atom stereocenters. The van der Waals surface area contributed by atoms with Crippen molar-refractivity contribution in [3.63, 3.8) is 0 Å². The Kier molecular flexibility index (Phi) is 5.24. The molecule has 9 nitrogen and oxygen atoms in total. The van der Waals surface area contributed by atoms with Crippen molar-refractivity contribution in [3.8, 4) is 34.5 Å². The van der Waals surface area contributed by atoms with Gasteiger partial charge in [0.15, 0.2) is 0 Å². The molecule has 0 aliphatic rings. The Morgan fingerprint density at radius 1 is 0.692 bits per heavy atom. The third-order valence-corrected chi connectivity index (χ3v) is 4.28. The van der Waals surface area contributed by atoms with Crippen LogP contribution in [0.5, 0.6) is 34.5 Å². The number of rotatable bonds is 6. The molecule has 0 aliphatic heterocycles. The summed E-state index contributed by atoms with van der Waals surface area (Å²) in [6, 6.07) is 3.63. The highest BCUT2D eigenvalue weighted by Crippen LogP contribution is 2.52. The van der Waals surface area contributed by atoms with E-state index in [2.05, 4.69) is 0 Å². The molecule has 0 saturated carbocycles. The summed E-state index contributed by atoms with van der Waals surface area (Å²) < 4.78 is 0. The van der Waals surface area contributed by atoms with Gasteiger partial charge in [0, 0.05) is 24.3 Å². The maximum atomic E-state index is 10.3. The highest BCUT2D eigenvalue weighted by molar-refractivity contribution is 5.84. The van der Waals surface area contributed by atoms with Gasteiger partial charge in [-0.2, -0.15) is 0 Å². The predicted octanol–water partition coefficient (Wildman–Crippen LogP) is 1.19. The van der Waals surface area contributed by atoms with Gasteiger partial charge in [-0.15, -0.1) is 0 Å². The lowest BCUT2D eigenvalue weighted by Gasteiger charge is -2.43. The lowest BCUT2D eigenvalue weighted by Crippen LogP contribution is -2.52. The zero-order valence-electron chi connectivity index (χ0n) is 14.0. The molecule has 2 aromatic rings. The maximum Gasteiger partial charge on any atom is 0.146 e. The first-order valence-corrected chi connectivity index (χ1v) is 7.72. The predicted molar refractivity (Wildman–Crippen MR) is 92.2 cm³/mol. The number of nitrogens with zero attached hydrogens (tertiary/aromatic N) is 1. The van der Waals surface area contributed by atoms with Crippen molar-refractivity contribution in [1.29, 1.82) is 0 Å². The first-order valence-electron chi connectivity index (χ1n) is 7.72. The second kappa shape index (κ2) is 7.06. The third-order valence-electron chi connectivity index (χ3n) is 4.28. The number of benzene rings is 2. The van der Waals surface area contributed by atoms with Crippen LogP contribution in [-0.2, 0) is 0 Å². The van der Waals surface area contributed by atoms with Gasteiger partial charge in [0.1, 0.15) is 45.9 Å². The van der Waals surface area contributed by atoms with Crippen molar-refractivity contribution >= 4 is 11.4 Å². The molecule has 0 saturated heterocycles. The summed E-state index contributed by atoms with van der Waals surface area (Å²) in [5.41, 5.74) is -2.30. The number of anilines is 2. The van der Waals surface area contributed by atoms with Gasteiger partial charge < -0.3 is 45.8 Å². The Morgan fingerprint density at radius 3 is 1.23 bits per heavy atom. The number of phenolic OH excluding ortho intramolecular Hbond substituents is 6. The number of aliphatic hydroxyl groups excluding tert-OH is 2. The lowest BCUT2D eigenvalue weighted by atomic mass is 9.93. The van der Waals surface area contributed by atoms with Gasteiger partial charge in [-0.3, -0.25) is 0 Å². The number of hydrogen-bond acceptors (Lipinski definition) is 9. The number of hydrogen-bond donors (Lipinski definition) is 8. The topological polar surface area (TPSA) is 165 Å². The van der Waals surface area contributed by atoms with Crippen LogP contribution in [0.1, 0.15) is 13.3 Å². The van der Waals surface area contributed by atoms with Gasteiger partial charge in [-0.1, -0.05) is 6.92 Å². The Labute approximate surface area is 148 Å². The fraction of sp³-hybridized carbons (Fsp3) is 0.294. The summed E-state index contributed by atoms with van der Waals surface area (Å²) in [5, 5.41) is 79.9. The third kappa shape index (κ3) is 3.09. The molecule has 2 rings (SSSR count). The van der Waals surface area contributed by atoms with Gasteiger partial charge in [-0.25, -0.2) is 0 Å². The highest BCUT2D eigenvalue weighted by atomic mass is 16.3. The monoisotopic (exact) mass is 367 g/mol. The van der Waals surface area contributed by atoms with E-state index >= 15 is 0 Å². The number of phenols is 6. The van der Waals surface area contributed by atoms with Crippen LogP contribution in [0, 0.1) is 0 Å². The average Bonchev–Trinajstić information content (AvgIpc) is 2.54. The summed E-state index contributed by atoms with van der Waals surface area (Å²) in [6.07, 6.45) is 0.0690. The minimum Gasteiger partial charge on any atom is -0.508 e. The van der Waals surface area contributed by atoms with Gasteiger partial charge in [0.2, 0.25) is 0 Å². The molecule has 9 heteroatoms. The van der Waals surface area contributed by atoms with Crippen LogP contribution in [0.4, 0.5) is 11.4 Å². The zero-order valence-corrected chi connectivity index (χ0v) is 14.0. The SMILES string of the molecule is CCC(CO)(CO)N(c1c(O)cc(O)cc1O)c1c(O)cc(O)cc1O. The molecule has 26 heavy (non-hydrogen) atoms. The second-order valence-corrected chi connectivity index (χ2v) is 5.89. The summed E-state index contributed by atoms with van der Waals surface area (Å²) in [4.78, 5) is 0.973. The molecule has 0 amide bonds. The molecule has 0 fully saturated rings. The number of aromatic hydroxyl groups is 6. The first kappa shape index (κ1) is 19.3. The van der Waals surface area contributed by atoms with E-state index in [4.69, 9.17) is 0 Å². The molecule has 0 radical (unpaired) electrons. The first-order chi connectivity index (χ1) is 12.2. The van der Waals surface area contributed by atoms with Crippen molar-refractivity contribution in [1.82, 2.24) is 0 Å². The zero-order chi connectivity index (χ0) is 19.6. The van der Waals surface area contributed by atoms with Crippen LogP contribution in [0.15, 0.2) is 24.3 Å². The average molecular weight is 367 g/mol. The molecule has 0 spiro atoms. The van der Waals surface area contributed by atoms with Gasteiger partial charge in [-0.05, 0) is 6.42 Å². The minimum atomic E-state index is -1.56. The van der Waals surface area contributed by atoms with E-state index in [1.165, 1.54) is 0 Å². The van der Waals surface area contributed by atoms with Crippen molar-refractivity contribution in [2.75, 3.05) is 18.1 Å². The molecule has 8 N–H and O–H groups in total. The molecule has 0 aliphatic carbocycles. The lowest BCUT2D eigenvalue weighted by molar-refractivity contribution is 0.116. The van der Waals surface area contributed by atoms with Crippen LogP contribution < -0.4 is 4.90 Å². The van der Waals surface area contributed by atoms with E-state index in [9.17, 15) is 40.9 Å². The molecule has 0 aromatic heterocycles. The van der Waals surface area contributed by atoms with Crippen LogP contribution in [0.2, 0.25) is 0 Å². The fourth-order valence-corrected chi connectivity index (χ4v) is 2.80. The molecular formula is C17H21NO8. The van der Waals surface area contributed by atoms with Crippen molar-refractivity contribution in [3.05, 3.63) is 24.3 Å². The largest absolute Gasteiger partial charge is 0.508 e. The Hall–Kier alpha value is -3.04. The second-order valence-electron chi connectivity index (χ2n) is 5.89. The summed E-state index contributed by atoms with van der Waals surface area (Å²) in [6.45, 7) is 0.238. The molecule has 0 atom stereocenters. The highest BCUT2D eigenvalue weighted by Gasteiger charge is 2.41. The summed E-state index contributed by atoms with van der Waals surface area (Å²) in [5.74, 6) is -3.41. The van der Waals surface area contributed by atoms with Crippen molar-refractivity contribution in [2.24, 2.45) is 0 Å². The Balaban J connectivity index is 2.90. The molecular weight excluding hydrogens is 346 g/mol. The standard InChI is InChI=1S/C17H21NO8/c1-2-17(7-19,8-20)18(15-11(23)3-9(21)4-12(15)24)16-13(25)5-10(22)6-14(16)26/h3-6,19-26H,2,7-8H2,1H3. The van der Waals surface area contributed by atoms with Crippen LogP contribution in [-0.4, -0.2) is 59.6 Å². The minimum absolute atomic E-state index is 0.0690. The quantitative estimate of drug-likeness (QED) is 0.374. The fourth-order valence-electron chi connectivity index (χ4n) is 2.80. The van der Waals surface area contributed by atoms with E-state index in [0.29, 0.717) is 0 Å². The van der Waals surface area contributed by atoms with E-state index in [0.717, 1.165) is 29.2 Å². The summed E-state index contributed by atoms with van der Waals surface area (Å²) >= 11 is 0. The molecule has 2 aromatic carbocycles. The normalized spacial score (nSPS) is 11.5. The van der Waals surface area contributed by atoms with E-state index in [1.807, 2.05) is 0 Å². The van der Waals surface area contributed by atoms with Crippen LogP contribution in [0.3, 0.4) is 0 Å². The van der Waals surface area contributed by atoms with Crippen LogP contribution >= 0.6 is 0 Å². The molecule has 0 bridgehead atoms.